The summed E-state index contributed by atoms with van der Waals surface area (Å²) in [4.78, 5) is 33.8. The molecule has 0 atom stereocenters. The number of amides is 2. The number of likely N-dealkylation sites (tertiary alicyclic amines) is 2. The fourth-order valence-corrected chi connectivity index (χ4v) is 8.74. The molecule has 316 valence electrons. The van der Waals surface area contributed by atoms with E-state index < -0.39 is 0 Å². The van der Waals surface area contributed by atoms with E-state index in [0.29, 0.717) is 13.1 Å². The normalized spacial score (nSPS) is 14.6. The molecular weight excluding hydrogens is 814 g/mol. The van der Waals surface area contributed by atoms with Gasteiger partial charge in [-0.1, -0.05) is 63.5 Å². The first-order chi connectivity index (χ1) is 29.2. The Balaban J connectivity index is 0.000000205. The van der Waals surface area contributed by atoms with E-state index >= 15 is 0 Å². The van der Waals surface area contributed by atoms with Crippen LogP contribution in [0.25, 0.3) is 10.1 Å². The molecule has 2 aliphatic heterocycles. The minimum Gasteiger partial charge on any atom is -0.468 e. The molecule has 60 heavy (non-hydrogen) atoms. The standard InChI is InChI=1S/C28H33N3O2.C22H27BrN2O2/c1-3-31(4-2)28(32)23-12-10-21(11-13-23)27(24-7-5-8-25(29)19-24)22-14-16-30(17-15-22)20-26-9-6-18-33-26;1-3-25(4-2)22(26)19-9-7-17(8-10-19)21(23)18-11-13-24(14-12-18)16-20-6-5-15-27-20/h5-13,18-19H,3-4,14-17,20,29H2,1-2H3;5-10,15H,3-4,11-14,16H2,1-2H3. The topological polar surface area (TPSA) is 99.4 Å². The van der Waals surface area contributed by atoms with Gasteiger partial charge in [-0.15, -0.1) is 0 Å². The molecule has 0 aliphatic carbocycles. The van der Waals surface area contributed by atoms with Crippen molar-refractivity contribution in [3.8, 4) is 0 Å². The van der Waals surface area contributed by atoms with Crippen molar-refractivity contribution in [1.82, 2.24) is 19.6 Å². The van der Waals surface area contributed by atoms with Crippen molar-refractivity contribution >= 4 is 43.5 Å². The lowest BCUT2D eigenvalue weighted by Gasteiger charge is -2.29. The number of anilines is 1. The zero-order chi connectivity index (χ0) is 42.4. The number of halogens is 1. The van der Waals surface area contributed by atoms with Crippen molar-refractivity contribution in [3.05, 3.63) is 160 Å². The minimum absolute atomic E-state index is 0.0796. The first-order valence-corrected chi connectivity index (χ1v) is 22.2. The summed E-state index contributed by atoms with van der Waals surface area (Å²) in [6, 6.07) is 32.1. The lowest BCUT2D eigenvalue weighted by atomic mass is 9.88. The number of rotatable bonds is 13. The molecule has 2 amide bonds. The third-order valence-corrected chi connectivity index (χ3v) is 12.6. The van der Waals surface area contributed by atoms with E-state index in [1.807, 2.05) is 116 Å². The van der Waals surface area contributed by atoms with Gasteiger partial charge >= 0.3 is 0 Å². The van der Waals surface area contributed by atoms with Crippen LogP contribution in [0.1, 0.15) is 102 Å². The molecule has 2 aromatic heterocycles. The van der Waals surface area contributed by atoms with Crippen molar-refractivity contribution in [1.29, 1.82) is 0 Å². The fourth-order valence-electron chi connectivity index (χ4n) is 8.08. The van der Waals surface area contributed by atoms with Gasteiger partial charge in [0.25, 0.3) is 11.8 Å². The highest BCUT2D eigenvalue weighted by molar-refractivity contribution is 9.15. The highest BCUT2D eigenvalue weighted by Gasteiger charge is 2.22. The molecule has 2 saturated heterocycles. The van der Waals surface area contributed by atoms with Crippen LogP contribution in [0.15, 0.2) is 130 Å². The zero-order valence-corrected chi connectivity index (χ0v) is 37.3. The summed E-state index contributed by atoms with van der Waals surface area (Å²) in [5.41, 5.74) is 15.9. The van der Waals surface area contributed by atoms with E-state index in [1.54, 1.807) is 12.5 Å². The van der Waals surface area contributed by atoms with Crippen LogP contribution in [0.3, 0.4) is 0 Å². The zero-order valence-electron chi connectivity index (χ0n) is 35.7. The van der Waals surface area contributed by atoms with E-state index in [1.165, 1.54) is 21.2 Å². The Morgan fingerprint density at radius 3 is 1.42 bits per heavy atom. The minimum atomic E-state index is 0.0796. The number of nitrogens with zero attached hydrogens (tertiary/aromatic N) is 4. The molecule has 5 aromatic rings. The number of hydrogen-bond acceptors (Lipinski definition) is 7. The molecule has 0 radical (unpaired) electrons. The second-order valence-corrected chi connectivity index (χ2v) is 16.1. The molecule has 4 heterocycles. The van der Waals surface area contributed by atoms with Gasteiger partial charge in [-0.25, -0.2) is 0 Å². The Bertz CT molecular complexity index is 2170. The Morgan fingerprint density at radius 2 is 1.00 bits per heavy atom. The number of furan rings is 2. The number of hydrogen-bond donors (Lipinski definition) is 1. The second kappa shape index (κ2) is 21.9. The highest BCUT2D eigenvalue weighted by Crippen LogP contribution is 2.35. The largest absolute Gasteiger partial charge is 0.468 e. The van der Waals surface area contributed by atoms with Crippen LogP contribution in [-0.2, 0) is 13.1 Å². The van der Waals surface area contributed by atoms with Crippen molar-refractivity contribution in [2.45, 2.75) is 66.5 Å². The monoisotopic (exact) mass is 873 g/mol. The Labute approximate surface area is 364 Å². The molecule has 7 rings (SSSR count). The average Bonchev–Trinajstić information content (AvgIpc) is 4.01. The molecule has 0 unspecified atom stereocenters. The van der Waals surface area contributed by atoms with E-state index in [2.05, 4.69) is 43.9 Å². The van der Waals surface area contributed by atoms with Gasteiger partial charge in [0, 0.05) is 73.7 Å². The maximum absolute atomic E-state index is 12.8. The van der Waals surface area contributed by atoms with Crippen LogP contribution >= 0.6 is 15.9 Å². The van der Waals surface area contributed by atoms with Crippen molar-refractivity contribution in [2.75, 3.05) is 58.1 Å². The summed E-state index contributed by atoms with van der Waals surface area (Å²) < 4.78 is 12.1. The summed E-state index contributed by atoms with van der Waals surface area (Å²) in [5.74, 6) is 2.21. The van der Waals surface area contributed by atoms with Crippen LogP contribution in [0.2, 0.25) is 0 Å². The summed E-state index contributed by atoms with van der Waals surface area (Å²) in [6.07, 6.45) is 7.53. The third kappa shape index (κ3) is 11.6. The Hall–Kier alpha value is -5.16. The predicted molar refractivity (Wildman–Crippen MR) is 247 cm³/mol. The van der Waals surface area contributed by atoms with E-state index in [9.17, 15) is 9.59 Å². The number of benzene rings is 3. The van der Waals surface area contributed by atoms with E-state index in [-0.39, 0.29) is 11.8 Å². The van der Waals surface area contributed by atoms with Gasteiger partial charge in [0.1, 0.15) is 11.5 Å². The Kier molecular flexibility index (Phi) is 16.2. The van der Waals surface area contributed by atoms with Crippen molar-refractivity contribution < 1.29 is 18.4 Å². The number of nitrogens with two attached hydrogens (primary N) is 1. The average molecular weight is 875 g/mol. The summed E-state index contributed by atoms with van der Waals surface area (Å²) in [5, 5.41) is 0. The van der Waals surface area contributed by atoms with Gasteiger partial charge < -0.3 is 24.4 Å². The number of nitrogen functional groups attached to an aromatic ring is 1. The SMILES string of the molecule is CCN(CC)C(=O)c1ccc(C(=C2CCN(Cc3ccco3)CC2)c2cccc(N)c2)cc1.CCN(CC)C(=O)c1ccc(C(Br)=C2CCN(Cc3ccco3)CC2)cc1. The lowest BCUT2D eigenvalue weighted by molar-refractivity contribution is 0.0765. The third-order valence-electron chi connectivity index (χ3n) is 11.6. The van der Waals surface area contributed by atoms with Gasteiger partial charge in [0.2, 0.25) is 0 Å². The molecule has 2 N–H and O–H groups in total. The molecular formula is C50H60BrN5O4. The van der Waals surface area contributed by atoms with Crippen LogP contribution in [0.5, 0.6) is 0 Å². The van der Waals surface area contributed by atoms with Crippen LogP contribution in [-0.4, -0.2) is 83.8 Å². The second-order valence-electron chi connectivity index (χ2n) is 15.3. The number of piperidine rings is 2. The molecule has 0 spiro atoms. The van der Waals surface area contributed by atoms with Crippen LogP contribution in [0.4, 0.5) is 5.69 Å². The van der Waals surface area contributed by atoms with Gasteiger partial charge in [-0.2, -0.15) is 0 Å². The molecule has 3 aromatic carbocycles. The van der Waals surface area contributed by atoms with E-state index in [4.69, 9.17) is 14.6 Å². The first-order valence-electron chi connectivity index (χ1n) is 21.4. The highest BCUT2D eigenvalue weighted by atomic mass is 79.9. The summed E-state index contributed by atoms with van der Waals surface area (Å²) in [6.45, 7) is 16.7. The van der Waals surface area contributed by atoms with Gasteiger partial charge in [0.05, 0.1) is 25.6 Å². The molecule has 2 fully saturated rings. The molecule has 10 heteroatoms. The molecule has 9 nitrogen and oxygen atoms in total. The lowest BCUT2D eigenvalue weighted by Crippen LogP contribution is -2.30. The van der Waals surface area contributed by atoms with Gasteiger partial charge in [-0.3, -0.25) is 19.4 Å². The number of carbonyl (C=O) groups excluding carboxylic acids is 2. The summed E-state index contributed by atoms with van der Waals surface area (Å²) >= 11 is 3.79. The van der Waals surface area contributed by atoms with Crippen LogP contribution < -0.4 is 5.73 Å². The summed E-state index contributed by atoms with van der Waals surface area (Å²) in [7, 11) is 0. The van der Waals surface area contributed by atoms with Crippen molar-refractivity contribution in [2.24, 2.45) is 0 Å². The smallest absolute Gasteiger partial charge is 0.253 e. The molecule has 2 aliphatic rings. The fraction of sp³-hybridized carbons (Fsp3) is 0.360. The maximum atomic E-state index is 12.8. The van der Waals surface area contributed by atoms with E-state index in [0.717, 1.165) is 123 Å². The molecule has 0 bridgehead atoms. The van der Waals surface area contributed by atoms with Gasteiger partial charge in [0.15, 0.2) is 0 Å². The van der Waals surface area contributed by atoms with Crippen molar-refractivity contribution in [3.63, 3.8) is 0 Å². The molecule has 0 saturated carbocycles. The maximum Gasteiger partial charge on any atom is 0.253 e. The Morgan fingerprint density at radius 1 is 0.567 bits per heavy atom. The number of carbonyl (C=O) groups is 2. The van der Waals surface area contributed by atoms with Gasteiger partial charge in [-0.05, 0) is 136 Å². The van der Waals surface area contributed by atoms with Crippen LogP contribution in [0, 0.1) is 0 Å². The predicted octanol–water partition coefficient (Wildman–Crippen LogP) is 10.6. The first kappa shape index (κ1) is 44.4. The quantitative estimate of drug-likeness (QED) is 0.118.